The number of aliphatic hydroxyl groups excluding tert-OH is 1. The van der Waals surface area contributed by atoms with E-state index in [1.54, 1.807) is 58.9 Å². The molecule has 0 bridgehead atoms. The lowest BCUT2D eigenvalue weighted by Gasteiger charge is -2.37. The SMILES string of the molecule is C#Cc1ccccc1C(C(=O)NCCCCC)N(C(=O)C(CO)NC(=O)OC(C)(C)C)C(C)C. The molecule has 0 aliphatic rings. The number of nitrogens with one attached hydrogen (secondary N) is 2. The van der Waals surface area contributed by atoms with Crippen LogP contribution in [0.1, 0.15) is 78.0 Å². The molecule has 34 heavy (non-hydrogen) atoms. The predicted octanol–water partition coefficient (Wildman–Crippen LogP) is 3.14. The molecule has 0 radical (unpaired) electrons. The van der Waals surface area contributed by atoms with Gasteiger partial charge in [0.25, 0.3) is 0 Å². The first-order valence-electron chi connectivity index (χ1n) is 11.7. The molecule has 3 N–H and O–H groups in total. The number of benzene rings is 1. The predicted molar refractivity (Wildman–Crippen MR) is 132 cm³/mol. The molecule has 2 unspecified atom stereocenters. The van der Waals surface area contributed by atoms with Gasteiger partial charge in [0.05, 0.1) is 6.61 Å². The lowest BCUT2D eigenvalue weighted by Crippen LogP contribution is -2.56. The number of ether oxygens (including phenoxy) is 1. The largest absolute Gasteiger partial charge is 0.444 e. The molecule has 0 saturated heterocycles. The van der Waals surface area contributed by atoms with Gasteiger partial charge < -0.3 is 25.4 Å². The molecule has 0 fully saturated rings. The van der Waals surface area contributed by atoms with Crippen molar-refractivity contribution in [2.45, 2.75) is 84.5 Å². The van der Waals surface area contributed by atoms with Gasteiger partial charge in [-0.2, -0.15) is 0 Å². The monoisotopic (exact) mass is 473 g/mol. The molecule has 0 aromatic heterocycles. The minimum absolute atomic E-state index is 0.380. The maximum Gasteiger partial charge on any atom is 0.408 e. The van der Waals surface area contributed by atoms with Crippen LogP contribution in [0.5, 0.6) is 0 Å². The lowest BCUT2D eigenvalue weighted by atomic mass is 9.96. The van der Waals surface area contributed by atoms with E-state index in [1.807, 2.05) is 0 Å². The molecule has 0 aliphatic heterocycles. The number of carbonyl (C=O) groups is 3. The van der Waals surface area contributed by atoms with E-state index in [-0.39, 0.29) is 5.91 Å². The van der Waals surface area contributed by atoms with Crippen molar-refractivity contribution in [1.82, 2.24) is 15.5 Å². The Morgan fingerprint density at radius 3 is 2.35 bits per heavy atom. The number of nitrogens with zero attached hydrogens (tertiary/aromatic N) is 1. The van der Waals surface area contributed by atoms with Crippen molar-refractivity contribution in [2.75, 3.05) is 13.2 Å². The van der Waals surface area contributed by atoms with Gasteiger partial charge >= 0.3 is 6.09 Å². The van der Waals surface area contributed by atoms with Gasteiger partial charge in [0, 0.05) is 18.2 Å². The third-order valence-corrected chi connectivity index (χ3v) is 5.00. The second kappa shape index (κ2) is 13.6. The molecule has 1 aromatic rings. The Morgan fingerprint density at radius 1 is 1.18 bits per heavy atom. The first-order chi connectivity index (χ1) is 16.0. The number of amides is 3. The summed E-state index contributed by atoms with van der Waals surface area (Å²) >= 11 is 0. The average Bonchev–Trinajstić information content (AvgIpc) is 2.76. The number of alkyl carbamates (subject to hydrolysis) is 1. The Hall–Kier alpha value is -3.05. The summed E-state index contributed by atoms with van der Waals surface area (Å²) in [6.45, 7) is 10.5. The maximum atomic E-state index is 13.6. The normalized spacial score (nSPS) is 12.9. The zero-order chi connectivity index (χ0) is 25.9. The number of terminal acetylenes is 1. The molecular weight excluding hydrogens is 434 g/mol. The Morgan fingerprint density at radius 2 is 1.82 bits per heavy atom. The van der Waals surface area contributed by atoms with E-state index in [0.29, 0.717) is 17.7 Å². The van der Waals surface area contributed by atoms with Crippen LogP contribution in [-0.4, -0.2) is 58.8 Å². The number of hydrogen-bond acceptors (Lipinski definition) is 5. The van der Waals surface area contributed by atoms with Gasteiger partial charge in [0.2, 0.25) is 11.8 Å². The highest BCUT2D eigenvalue weighted by atomic mass is 16.6. The van der Waals surface area contributed by atoms with Crippen molar-refractivity contribution in [3.8, 4) is 12.3 Å². The van der Waals surface area contributed by atoms with Crippen molar-refractivity contribution in [2.24, 2.45) is 0 Å². The highest BCUT2D eigenvalue weighted by molar-refractivity contribution is 5.92. The molecular formula is C26H39N3O5. The van der Waals surface area contributed by atoms with Crippen LogP contribution in [0.3, 0.4) is 0 Å². The minimum atomic E-state index is -1.30. The van der Waals surface area contributed by atoms with Gasteiger partial charge in [-0.1, -0.05) is 43.9 Å². The number of hydrogen-bond donors (Lipinski definition) is 3. The van der Waals surface area contributed by atoms with Gasteiger partial charge in [-0.05, 0) is 52.7 Å². The molecule has 1 rings (SSSR count). The molecule has 0 aliphatic carbocycles. The van der Waals surface area contributed by atoms with Crippen LogP contribution in [0.4, 0.5) is 4.79 Å². The first kappa shape index (κ1) is 29.0. The molecule has 8 nitrogen and oxygen atoms in total. The molecule has 1 aromatic carbocycles. The van der Waals surface area contributed by atoms with Crippen LogP contribution in [0.15, 0.2) is 24.3 Å². The zero-order valence-corrected chi connectivity index (χ0v) is 21.2. The van der Waals surface area contributed by atoms with Gasteiger partial charge in [-0.15, -0.1) is 6.42 Å². The summed E-state index contributed by atoms with van der Waals surface area (Å²) < 4.78 is 5.23. The average molecular weight is 474 g/mol. The fourth-order valence-electron chi connectivity index (χ4n) is 3.46. The summed E-state index contributed by atoms with van der Waals surface area (Å²) in [4.78, 5) is 40.6. The molecule has 8 heteroatoms. The second-order valence-corrected chi connectivity index (χ2v) is 9.35. The Bertz CT molecular complexity index is 870. The van der Waals surface area contributed by atoms with Crippen molar-refractivity contribution < 1.29 is 24.2 Å². The third-order valence-electron chi connectivity index (χ3n) is 5.00. The molecule has 188 valence electrons. The number of unbranched alkanes of at least 4 members (excludes halogenated alkanes) is 2. The number of rotatable bonds is 11. The van der Waals surface area contributed by atoms with E-state index in [9.17, 15) is 19.5 Å². The van der Waals surface area contributed by atoms with E-state index in [0.717, 1.165) is 19.3 Å². The number of aliphatic hydroxyl groups is 1. The van der Waals surface area contributed by atoms with Crippen molar-refractivity contribution in [1.29, 1.82) is 0 Å². The van der Waals surface area contributed by atoms with Crippen LogP contribution in [0.25, 0.3) is 0 Å². The van der Waals surface area contributed by atoms with E-state index in [4.69, 9.17) is 11.2 Å². The summed E-state index contributed by atoms with van der Waals surface area (Å²) in [7, 11) is 0. The highest BCUT2D eigenvalue weighted by Gasteiger charge is 2.38. The molecule has 0 saturated carbocycles. The van der Waals surface area contributed by atoms with E-state index in [2.05, 4.69) is 23.5 Å². The van der Waals surface area contributed by atoms with Crippen LogP contribution in [0.2, 0.25) is 0 Å². The third kappa shape index (κ3) is 8.71. The summed E-state index contributed by atoms with van der Waals surface area (Å²) in [6, 6.07) is 4.14. The molecule has 3 amide bonds. The molecule has 0 spiro atoms. The number of carbonyl (C=O) groups excluding carboxylic acids is 3. The van der Waals surface area contributed by atoms with Gasteiger partial charge in [-0.3, -0.25) is 9.59 Å². The molecule has 2 atom stereocenters. The quantitative estimate of drug-likeness (QED) is 0.338. The standard InChI is InChI=1S/C26H39N3O5/c1-8-10-13-16-27-23(31)22(20-15-12-11-14-19(20)9-2)29(18(3)4)24(32)21(17-30)28-25(33)34-26(5,6)7/h2,11-12,14-15,18,21-22,30H,8,10,13,16-17H2,1,3-7H3,(H,27,31)(H,28,33). The van der Waals surface area contributed by atoms with E-state index in [1.165, 1.54) is 4.90 Å². The highest BCUT2D eigenvalue weighted by Crippen LogP contribution is 2.27. The van der Waals surface area contributed by atoms with E-state index < -0.39 is 42.3 Å². The van der Waals surface area contributed by atoms with Crippen molar-refractivity contribution in [3.63, 3.8) is 0 Å². The zero-order valence-electron chi connectivity index (χ0n) is 21.2. The molecule has 0 heterocycles. The Kier molecular flexibility index (Phi) is 11.6. The summed E-state index contributed by atoms with van der Waals surface area (Å²) in [5.41, 5.74) is 0.196. The van der Waals surface area contributed by atoms with Crippen LogP contribution in [0, 0.1) is 12.3 Å². The minimum Gasteiger partial charge on any atom is -0.444 e. The summed E-state index contributed by atoms with van der Waals surface area (Å²) in [6.07, 6.45) is 7.63. The summed E-state index contributed by atoms with van der Waals surface area (Å²) in [5.74, 6) is 1.58. The lowest BCUT2D eigenvalue weighted by molar-refractivity contribution is -0.145. The van der Waals surface area contributed by atoms with Crippen molar-refractivity contribution >= 4 is 17.9 Å². The second-order valence-electron chi connectivity index (χ2n) is 9.35. The van der Waals surface area contributed by atoms with Gasteiger partial charge in [0.1, 0.15) is 17.7 Å². The van der Waals surface area contributed by atoms with E-state index >= 15 is 0 Å². The topological polar surface area (TPSA) is 108 Å². The summed E-state index contributed by atoms with van der Waals surface area (Å²) in [5, 5.41) is 15.2. The fraction of sp³-hybridized carbons (Fsp3) is 0.577. The Balaban J connectivity index is 3.37. The van der Waals surface area contributed by atoms with Gasteiger partial charge in [-0.25, -0.2) is 4.79 Å². The van der Waals surface area contributed by atoms with Crippen LogP contribution < -0.4 is 10.6 Å². The smallest absolute Gasteiger partial charge is 0.408 e. The van der Waals surface area contributed by atoms with Crippen LogP contribution in [-0.2, 0) is 14.3 Å². The van der Waals surface area contributed by atoms with Gasteiger partial charge in [0.15, 0.2) is 0 Å². The maximum absolute atomic E-state index is 13.6. The Labute approximate surface area is 203 Å². The van der Waals surface area contributed by atoms with Crippen molar-refractivity contribution in [3.05, 3.63) is 35.4 Å². The first-order valence-corrected chi connectivity index (χ1v) is 11.7. The van der Waals surface area contributed by atoms with Crippen LogP contribution >= 0.6 is 0 Å². The fourth-order valence-corrected chi connectivity index (χ4v) is 3.46.